The number of likely N-dealkylation sites (tertiary alicyclic amines) is 1. The summed E-state index contributed by atoms with van der Waals surface area (Å²) in [6.07, 6.45) is 2.73. The molecular formula is C15H23Cl2N3S. The number of nitrogens with zero attached hydrogens (tertiary/aromatic N) is 2. The van der Waals surface area contributed by atoms with Gasteiger partial charge in [-0.05, 0) is 44.5 Å². The summed E-state index contributed by atoms with van der Waals surface area (Å²) in [5, 5.41) is 4.51. The molecule has 1 N–H and O–H groups in total. The molecule has 3 nitrogen and oxygen atoms in total. The molecule has 1 saturated heterocycles. The van der Waals surface area contributed by atoms with Gasteiger partial charge < -0.3 is 5.32 Å². The average Bonchev–Trinajstić information content (AvgIpc) is 2.99. The summed E-state index contributed by atoms with van der Waals surface area (Å²) < 4.78 is 0. The minimum Gasteiger partial charge on any atom is -0.335 e. The van der Waals surface area contributed by atoms with Crippen LogP contribution in [0.1, 0.15) is 25.3 Å². The highest BCUT2D eigenvalue weighted by Crippen LogP contribution is 2.24. The number of anilines is 1. The average molecular weight is 348 g/mol. The van der Waals surface area contributed by atoms with Crippen LogP contribution in [0.4, 0.5) is 5.69 Å². The van der Waals surface area contributed by atoms with Crippen molar-refractivity contribution in [3.8, 4) is 0 Å². The van der Waals surface area contributed by atoms with Gasteiger partial charge in [0.15, 0.2) is 5.17 Å². The fourth-order valence-electron chi connectivity index (χ4n) is 2.66. The lowest BCUT2D eigenvalue weighted by Gasteiger charge is -2.24. The van der Waals surface area contributed by atoms with Gasteiger partial charge in [0.05, 0.1) is 6.54 Å². The van der Waals surface area contributed by atoms with Gasteiger partial charge in [0.25, 0.3) is 0 Å². The van der Waals surface area contributed by atoms with Crippen LogP contribution in [0.5, 0.6) is 0 Å². The Kier molecular flexibility index (Phi) is 7.88. The first-order chi connectivity index (χ1) is 9.33. The number of fused-ring (bicyclic) bond motifs is 1. The van der Waals surface area contributed by atoms with Crippen molar-refractivity contribution in [2.24, 2.45) is 4.99 Å². The number of benzene rings is 1. The summed E-state index contributed by atoms with van der Waals surface area (Å²) in [5.41, 5.74) is 2.51. The van der Waals surface area contributed by atoms with Crippen molar-refractivity contribution in [1.29, 1.82) is 0 Å². The molecule has 118 valence electrons. The standard InChI is InChI=1S/C15H21N3S.2ClH/c1-12(18-8-4-5-9-18)11-19-15-16-10-13-6-2-3-7-14(13)17-15;;/h2-3,6-7,12H,4-5,8-11H2,1H3,(H,16,17);2*1H. The van der Waals surface area contributed by atoms with Gasteiger partial charge in [0.2, 0.25) is 0 Å². The van der Waals surface area contributed by atoms with Gasteiger partial charge >= 0.3 is 0 Å². The van der Waals surface area contributed by atoms with Crippen molar-refractivity contribution in [2.45, 2.75) is 32.4 Å². The Morgan fingerprint density at radius 1 is 1.24 bits per heavy atom. The number of thioether (sulfide) groups is 1. The van der Waals surface area contributed by atoms with Gasteiger partial charge in [-0.15, -0.1) is 24.8 Å². The Labute approximate surface area is 143 Å². The molecule has 0 aromatic heterocycles. The van der Waals surface area contributed by atoms with Gasteiger partial charge in [-0.1, -0.05) is 30.0 Å². The van der Waals surface area contributed by atoms with E-state index in [1.54, 1.807) is 0 Å². The minimum absolute atomic E-state index is 0. The second kappa shape index (κ2) is 8.89. The van der Waals surface area contributed by atoms with E-state index in [1.165, 1.54) is 37.2 Å². The number of hydrogen-bond donors (Lipinski definition) is 1. The lowest BCUT2D eigenvalue weighted by atomic mass is 10.1. The molecule has 3 rings (SSSR count). The van der Waals surface area contributed by atoms with Gasteiger partial charge in [-0.25, -0.2) is 0 Å². The van der Waals surface area contributed by atoms with Gasteiger partial charge in [-0.3, -0.25) is 9.89 Å². The predicted molar refractivity (Wildman–Crippen MR) is 98.4 cm³/mol. The summed E-state index contributed by atoms with van der Waals surface area (Å²) >= 11 is 1.85. The molecule has 0 bridgehead atoms. The molecule has 1 aromatic carbocycles. The maximum absolute atomic E-state index is 4.62. The third-order valence-corrected chi connectivity index (χ3v) is 5.03. The number of amidine groups is 1. The van der Waals surface area contributed by atoms with Crippen LogP contribution in [0.25, 0.3) is 0 Å². The largest absolute Gasteiger partial charge is 0.335 e. The number of aliphatic imine (C=N–C) groups is 1. The second-order valence-electron chi connectivity index (χ2n) is 5.31. The maximum Gasteiger partial charge on any atom is 0.161 e. The topological polar surface area (TPSA) is 27.6 Å². The van der Waals surface area contributed by atoms with Crippen molar-refractivity contribution in [1.82, 2.24) is 4.90 Å². The third-order valence-electron chi connectivity index (χ3n) is 3.88. The summed E-state index contributed by atoms with van der Waals surface area (Å²) in [5.74, 6) is 1.12. The van der Waals surface area contributed by atoms with Crippen molar-refractivity contribution in [3.63, 3.8) is 0 Å². The molecule has 1 fully saturated rings. The lowest BCUT2D eigenvalue weighted by Crippen LogP contribution is -2.32. The zero-order chi connectivity index (χ0) is 13.1. The summed E-state index contributed by atoms with van der Waals surface area (Å²) in [6, 6.07) is 9.07. The van der Waals surface area contributed by atoms with E-state index in [0.717, 1.165) is 17.5 Å². The fraction of sp³-hybridized carbons (Fsp3) is 0.533. The zero-order valence-corrected chi connectivity index (χ0v) is 14.7. The molecular weight excluding hydrogens is 325 g/mol. The summed E-state index contributed by atoms with van der Waals surface area (Å²) in [6.45, 7) is 5.67. The van der Waals surface area contributed by atoms with Gasteiger partial charge in [0, 0.05) is 17.5 Å². The number of nitrogens with one attached hydrogen (secondary N) is 1. The van der Waals surface area contributed by atoms with Crippen LogP contribution in [-0.4, -0.2) is 35.0 Å². The van der Waals surface area contributed by atoms with E-state index in [1.807, 2.05) is 11.8 Å². The van der Waals surface area contributed by atoms with Crippen LogP contribution in [0.2, 0.25) is 0 Å². The highest BCUT2D eigenvalue weighted by atomic mass is 35.5. The SMILES string of the molecule is CC(CSC1=NCc2ccccc2N1)N1CCCC1.Cl.Cl. The van der Waals surface area contributed by atoms with Crippen molar-refractivity contribution < 1.29 is 0 Å². The Morgan fingerprint density at radius 3 is 2.71 bits per heavy atom. The Balaban J connectivity index is 0.00000110. The molecule has 1 aromatic rings. The van der Waals surface area contributed by atoms with Gasteiger partial charge in [-0.2, -0.15) is 0 Å². The van der Waals surface area contributed by atoms with E-state index >= 15 is 0 Å². The van der Waals surface area contributed by atoms with E-state index < -0.39 is 0 Å². The lowest BCUT2D eigenvalue weighted by molar-refractivity contribution is 0.280. The maximum atomic E-state index is 4.62. The van der Waals surface area contributed by atoms with Crippen LogP contribution in [0.15, 0.2) is 29.3 Å². The van der Waals surface area contributed by atoms with Crippen LogP contribution >= 0.6 is 36.6 Å². The van der Waals surface area contributed by atoms with Crippen LogP contribution in [0, 0.1) is 0 Å². The Morgan fingerprint density at radius 2 is 1.95 bits per heavy atom. The monoisotopic (exact) mass is 347 g/mol. The molecule has 2 heterocycles. The highest BCUT2D eigenvalue weighted by molar-refractivity contribution is 8.14. The van der Waals surface area contributed by atoms with E-state index in [2.05, 4.69) is 46.4 Å². The molecule has 21 heavy (non-hydrogen) atoms. The highest BCUT2D eigenvalue weighted by Gasteiger charge is 2.19. The summed E-state index contributed by atoms with van der Waals surface area (Å²) in [7, 11) is 0. The van der Waals surface area contributed by atoms with Crippen LogP contribution in [0.3, 0.4) is 0 Å². The van der Waals surface area contributed by atoms with Gasteiger partial charge in [0.1, 0.15) is 0 Å². The first-order valence-electron chi connectivity index (χ1n) is 7.09. The summed E-state index contributed by atoms with van der Waals surface area (Å²) in [4.78, 5) is 7.21. The van der Waals surface area contributed by atoms with Crippen molar-refractivity contribution in [2.75, 3.05) is 24.2 Å². The van der Waals surface area contributed by atoms with Crippen molar-refractivity contribution in [3.05, 3.63) is 29.8 Å². The smallest absolute Gasteiger partial charge is 0.161 e. The molecule has 0 spiro atoms. The molecule has 6 heteroatoms. The van der Waals surface area contributed by atoms with Crippen LogP contribution in [-0.2, 0) is 6.54 Å². The predicted octanol–water partition coefficient (Wildman–Crippen LogP) is 4.03. The van der Waals surface area contributed by atoms with Crippen LogP contribution < -0.4 is 5.32 Å². The first kappa shape index (κ1) is 18.6. The fourth-order valence-corrected chi connectivity index (χ4v) is 3.61. The molecule has 1 atom stereocenters. The number of hydrogen-bond acceptors (Lipinski definition) is 4. The molecule has 2 aliphatic rings. The Hall–Kier alpha value is -0.420. The molecule has 2 aliphatic heterocycles. The second-order valence-corrected chi connectivity index (χ2v) is 6.32. The molecule has 1 unspecified atom stereocenters. The molecule has 0 saturated carbocycles. The van der Waals surface area contributed by atoms with Crippen molar-refractivity contribution >= 4 is 47.4 Å². The zero-order valence-electron chi connectivity index (χ0n) is 12.2. The van der Waals surface area contributed by atoms with E-state index in [9.17, 15) is 0 Å². The van der Waals surface area contributed by atoms with E-state index in [-0.39, 0.29) is 24.8 Å². The first-order valence-corrected chi connectivity index (χ1v) is 8.08. The molecule has 0 amide bonds. The quantitative estimate of drug-likeness (QED) is 0.894. The Bertz CT molecular complexity index is 476. The van der Waals surface area contributed by atoms with E-state index in [0.29, 0.717) is 6.04 Å². The number of halogens is 2. The van der Waals surface area contributed by atoms with E-state index in [4.69, 9.17) is 0 Å². The number of rotatable bonds is 3. The third kappa shape index (κ3) is 4.78. The normalized spacial score (nSPS) is 18.6. The molecule has 0 aliphatic carbocycles. The minimum atomic E-state index is 0. The molecule has 0 radical (unpaired) electrons. The number of para-hydroxylation sites is 1.